The van der Waals surface area contributed by atoms with Gasteiger partial charge in [0.2, 0.25) is 0 Å². The lowest BCUT2D eigenvalue weighted by molar-refractivity contribution is 0.390. The lowest BCUT2D eigenvalue weighted by atomic mass is 9.98. The van der Waals surface area contributed by atoms with Crippen molar-refractivity contribution in [3.8, 4) is 0 Å². The van der Waals surface area contributed by atoms with Crippen molar-refractivity contribution in [2.24, 2.45) is 0 Å². The van der Waals surface area contributed by atoms with E-state index in [0.29, 0.717) is 6.04 Å². The zero-order valence-electron chi connectivity index (χ0n) is 16.4. The Balaban J connectivity index is 1.45. The van der Waals surface area contributed by atoms with Crippen LogP contribution in [0.5, 0.6) is 0 Å². The molecule has 1 saturated heterocycles. The molecule has 0 bridgehead atoms. The number of anilines is 1. The maximum atomic E-state index is 13.6. The number of piperidine rings is 1. The minimum Gasteiger partial charge on any atom is -0.371 e. The van der Waals surface area contributed by atoms with Crippen molar-refractivity contribution in [2.45, 2.75) is 38.4 Å². The molecule has 3 heterocycles. The third-order valence-corrected chi connectivity index (χ3v) is 5.49. The first-order valence-electron chi connectivity index (χ1n) is 10.0. The third kappa shape index (κ3) is 4.45. The zero-order chi connectivity index (χ0) is 20.2. The van der Waals surface area contributed by atoms with Gasteiger partial charge < -0.3 is 10.2 Å². The van der Waals surface area contributed by atoms with Crippen LogP contribution in [-0.2, 0) is 6.54 Å². The largest absolute Gasteiger partial charge is 0.371 e. The molecule has 4 rings (SSSR count). The molecule has 1 aromatic carbocycles. The van der Waals surface area contributed by atoms with Crippen LogP contribution in [0, 0.1) is 11.6 Å². The molecule has 0 saturated carbocycles. The minimum absolute atomic E-state index is 0.0174. The van der Waals surface area contributed by atoms with E-state index in [2.05, 4.69) is 39.5 Å². The highest BCUT2D eigenvalue weighted by atomic mass is 19.2. The van der Waals surface area contributed by atoms with E-state index in [-0.39, 0.29) is 6.04 Å². The van der Waals surface area contributed by atoms with Crippen LogP contribution in [0.4, 0.5) is 14.5 Å². The number of aromatic nitrogens is 3. The van der Waals surface area contributed by atoms with Crippen LogP contribution in [0.25, 0.3) is 0 Å². The van der Waals surface area contributed by atoms with E-state index in [1.807, 2.05) is 23.1 Å². The SMILES string of the molecule is CCn1cc(C(NC2CCN(c3ccc(F)c(F)c3)CC2)c2cccnc2)cn1. The van der Waals surface area contributed by atoms with Gasteiger partial charge in [-0.2, -0.15) is 5.10 Å². The van der Waals surface area contributed by atoms with Crippen LogP contribution in [-0.4, -0.2) is 33.9 Å². The molecule has 29 heavy (non-hydrogen) atoms. The van der Waals surface area contributed by atoms with Gasteiger partial charge in [0.25, 0.3) is 0 Å². The molecule has 1 aliphatic heterocycles. The Kier molecular flexibility index (Phi) is 5.85. The summed E-state index contributed by atoms with van der Waals surface area (Å²) >= 11 is 0. The zero-order valence-corrected chi connectivity index (χ0v) is 16.4. The van der Waals surface area contributed by atoms with Crippen LogP contribution in [0.2, 0.25) is 0 Å². The molecule has 0 radical (unpaired) electrons. The number of benzene rings is 1. The van der Waals surface area contributed by atoms with Gasteiger partial charge in [0.15, 0.2) is 11.6 Å². The van der Waals surface area contributed by atoms with Gasteiger partial charge in [-0.25, -0.2) is 8.78 Å². The Bertz CT molecular complexity index is 935. The monoisotopic (exact) mass is 397 g/mol. The number of nitrogens with one attached hydrogen (secondary N) is 1. The van der Waals surface area contributed by atoms with Gasteiger partial charge in [-0.15, -0.1) is 0 Å². The number of aryl methyl sites for hydroxylation is 1. The Labute approximate surface area is 169 Å². The van der Waals surface area contributed by atoms with E-state index < -0.39 is 11.6 Å². The molecule has 0 aliphatic carbocycles. The second kappa shape index (κ2) is 8.69. The normalized spacial score (nSPS) is 16.2. The first kappa shape index (κ1) is 19.5. The quantitative estimate of drug-likeness (QED) is 0.685. The summed E-state index contributed by atoms with van der Waals surface area (Å²) in [5, 5.41) is 8.19. The van der Waals surface area contributed by atoms with Crippen molar-refractivity contribution in [3.63, 3.8) is 0 Å². The van der Waals surface area contributed by atoms with Gasteiger partial charge in [-0.1, -0.05) is 6.07 Å². The third-order valence-electron chi connectivity index (χ3n) is 5.49. The average molecular weight is 397 g/mol. The first-order chi connectivity index (χ1) is 14.1. The number of rotatable bonds is 6. The van der Waals surface area contributed by atoms with E-state index >= 15 is 0 Å². The summed E-state index contributed by atoms with van der Waals surface area (Å²) in [6.07, 6.45) is 9.47. The van der Waals surface area contributed by atoms with E-state index in [4.69, 9.17) is 0 Å². The Morgan fingerprint density at radius 2 is 1.93 bits per heavy atom. The molecule has 152 valence electrons. The van der Waals surface area contributed by atoms with Crippen LogP contribution < -0.4 is 10.2 Å². The van der Waals surface area contributed by atoms with E-state index in [0.717, 1.165) is 49.3 Å². The van der Waals surface area contributed by atoms with Crippen molar-refractivity contribution in [1.82, 2.24) is 20.1 Å². The number of nitrogens with zero attached hydrogens (tertiary/aromatic N) is 4. The van der Waals surface area contributed by atoms with Gasteiger partial charge in [0, 0.05) is 61.6 Å². The molecule has 5 nitrogen and oxygen atoms in total. The summed E-state index contributed by atoms with van der Waals surface area (Å²) in [4.78, 5) is 6.38. The molecule has 1 unspecified atom stereocenters. The molecule has 1 fully saturated rings. The van der Waals surface area contributed by atoms with Gasteiger partial charge in [-0.3, -0.25) is 9.67 Å². The molecular formula is C22H25F2N5. The standard InChI is InChI=1S/C22H25F2N5/c1-2-29-15-17(14-26-29)22(16-4-3-9-25-13-16)27-18-7-10-28(11-8-18)19-5-6-20(23)21(24)12-19/h3-6,9,12-15,18,22,27H,2,7-8,10-11H2,1H3. The van der Waals surface area contributed by atoms with Crippen molar-refractivity contribution in [1.29, 1.82) is 0 Å². The van der Waals surface area contributed by atoms with Crippen molar-refractivity contribution in [3.05, 3.63) is 77.9 Å². The van der Waals surface area contributed by atoms with Gasteiger partial charge in [0.05, 0.1) is 12.2 Å². The van der Waals surface area contributed by atoms with Gasteiger partial charge in [-0.05, 0) is 43.5 Å². The summed E-state index contributed by atoms with van der Waals surface area (Å²) in [6, 6.07) is 8.46. The predicted molar refractivity (Wildman–Crippen MR) is 109 cm³/mol. The highest BCUT2D eigenvalue weighted by Crippen LogP contribution is 2.26. The summed E-state index contributed by atoms with van der Waals surface area (Å²) in [6.45, 7) is 4.47. The van der Waals surface area contributed by atoms with Crippen LogP contribution in [0.1, 0.15) is 36.9 Å². The first-order valence-corrected chi connectivity index (χ1v) is 10.0. The Morgan fingerprint density at radius 3 is 2.59 bits per heavy atom. The molecule has 1 N–H and O–H groups in total. The molecule has 1 aliphatic rings. The van der Waals surface area contributed by atoms with E-state index in [9.17, 15) is 8.78 Å². The molecule has 7 heteroatoms. The Hall–Kier alpha value is -2.80. The van der Waals surface area contributed by atoms with Crippen LogP contribution in [0.3, 0.4) is 0 Å². The van der Waals surface area contributed by atoms with Crippen molar-refractivity contribution < 1.29 is 8.78 Å². The fourth-order valence-corrected chi connectivity index (χ4v) is 3.86. The summed E-state index contributed by atoms with van der Waals surface area (Å²) < 4.78 is 28.7. The van der Waals surface area contributed by atoms with Crippen LogP contribution >= 0.6 is 0 Å². The van der Waals surface area contributed by atoms with Gasteiger partial charge >= 0.3 is 0 Å². The van der Waals surface area contributed by atoms with Gasteiger partial charge in [0.1, 0.15) is 0 Å². The minimum atomic E-state index is -0.808. The number of pyridine rings is 1. The molecule has 2 aromatic heterocycles. The maximum Gasteiger partial charge on any atom is 0.160 e. The molecule has 0 spiro atoms. The average Bonchev–Trinajstić information content (AvgIpc) is 3.24. The lowest BCUT2D eigenvalue weighted by Crippen LogP contribution is -2.44. The van der Waals surface area contributed by atoms with Crippen LogP contribution in [0.15, 0.2) is 55.1 Å². The topological polar surface area (TPSA) is 46.0 Å². The van der Waals surface area contributed by atoms with E-state index in [1.165, 1.54) is 12.1 Å². The molecule has 3 aromatic rings. The fraction of sp³-hybridized carbons (Fsp3) is 0.364. The summed E-state index contributed by atoms with van der Waals surface area (Å²) in [5.74, 6) is -1.61. The highest BCUT2D eigenvalue weighted by molar-refractivity contribution is 5.47. The predicted octanol–water partition coefficient (Wildman–Crippen LogP) is 3.92. The van der Waals surface area contributed by atoms with Crippen molar-refractivity contribution in [2.75, 3.05) is 18.0 Å². The number of hydrogen-bond acceptors (Lipinski definition) is 4. The maximum absolute atomic E-state index is 13.6. The second-order valence-corrected chi connectivity index (χ2v) is 7.38. The summed E-state index contributed by atoms with van der Waals surface area (Å²) in [7, 11) is 0. The molecule has 0 amide bonds. The molecule has 1 atom stereocenters. The number of halogens is 2. The molecular weight excluding hydrogens is 372 g/mol. The van der Waals surface area contributed by atoms with Crippen molar-refractivity contribution >= 4 is 5.69 Å². The van der Waals surface area contributed by atoms with E-state index in [1.54, 1.807) is 12.3 Å². The smallest absolute Gasteiger partial charge is 0.160 e. The number of hydrogen-bond donors (Lipinski definition) is 1. The summed E-state index contributed by atoms with van der Waals surface area (Å²) in [5.41, 5.74) is 2.95. The second-order valence-electron chi connectivity index (χ2n) is 7.38. The Morgan fingerprint density at radius 1 is 1.10 bits per heavy atom. The lowest BCUT2D eigenvalue weighted by Gasteiger charge is -2.36. The highest BCUT2D eigenvalue weighted by Gasteiger charge is 2.25. The fourth-order valence-electron chi connectivity index (χ4n) is 3.86.